The maximum absolute atomic E-state index is 11.2. The number of alkyl halides is 1. The molecule has 16 heavy (non-hydrogen) atoms. The molecule has 0 amide bonds. The number of amidine groups is 1. The molecule has 0 aliphatic rings. The van der Waals surface area contributed by atoms with Crippen LogP contribution < -0.4 is 5.73 Å². The summed E-state index contributed by atoms with van der Waals surface area (Å²) >= 11 is 11.4. The summed E-state index contributed by atoms with van der Waals surface area (Å²) in [5.41, 5.74) is 6.29. The zero-order valence-corrected chi connectivity index (χ0v) is 10.0. The van der Waals surface area contributed by atoms with Gasteiger partial charge in [0.25, 0.3) is 0 Å². The second-order valence-corrected chi connectivity index (χ2v) is 3.57. The van der Waals surface area contributed by atoms with E-state index in [0.717, 1.165) is 0 Å². The van der Waals surface area contributed by atoms with E-state index in [1.54, 1.807) is 12.1 Å². The summed E-state index contributed by atoms with van der Waals surface area (Å²) in [6.07, 6.45) is 0. The zero-order valence-electron chi connectivity index (χ0n) is 8.54. The second-order valence-electron chi connectivity index (χ2n) is 2.89. The van der Waals surface area contributed by atoms with Gasteiger partial charge in [0.1, 0.15) is 5.84 Å². The molecule has 0 fully saturated rings. The lowest BCUT2D eigenvalue weighted by atomic mass is 10.2. The minimum absolute atomic E-state index is 0.120. The summed E-state index contributed by atoms with van der Waals surface area (Å²) in [6, 6.07) is 4.60. The van der Waals surface area contributed by atoms with Gasteiger partial charge in [-0.15, -0.1) is 11.6 Å². The quantitative estimate of drug-likeness (QED) is 0.393. The van der Waals surface area contributed by atoms with Crippen molar-refractivity contribution in [1.82, 2.24) is 0 Å². The number of hydrogen-bond acceptors (Lipinski definition) is 3. The summed E-state index contributed by atoms with van der Waals surface area (Å²) in [5, 5.41) is 0.316. The van der Waals surface area contributed by atoms with Crippen molar-refractivity contribution in [3.63, 3.8) is 0 Å². The number of ether oxygens (including phenoxy) is 1. The fourth-order valence-electron chi connectivity index (χ4n) is 1.03. The highest BCUT2D eigenvalue weighted by molar-refractivity contribution is 6.33. The van der Waals surface area contributed by atoms with Crippen molar-refractivity contribution in [2.24, 2.45) is 10.7 Å². The molecule has 2 N–H and O–H groups in total. The summed E-state index contributed by atoms with van der Waals surface area (Å²) in [7, 11) is 1.30. The first-order valence-corrected chi connectivity index (χ1v) is 5.26. The van der Waals surface area contributed by atoms with E-state index < -0.39 is 5.97 Å². The van der Waals surface area contributed by atoms with Gasteiger partial charge < -0.3 is 10.5 Å². The summed E-state index contributed by atoms with van der Waals surface area (Å²) in [4.78, 5) is 15.2. The Labute approximate surface area is 103 Å². The van der Waals surface area contributed by atoms with Crippen LogP contribution in [0.4, 0.5) is 5.69 Å². The molecule has 1 aromatic rings. The Morgan fingerprint density at radius 3 is 2.75 bits per heavy atom. The molecule has 0 atom stereocenters. The first-order valence-electron chi connectivity index (χ1n) is 4.35. The van der Waals surface area contributed by atoms with Gasteiger partial charge in [-0.3, -0.25) is 0 Å². The molecule has 0 bridgehead atoms. The number of carbonyl (C=O) groups is 1. The molecule has 0 aliphatic carbocycles. The van der Waals surface area contributed by atoms with Crippen molar-refractivity contribution in [1.29, 1.82) is 0 Å². The molecule has 4 nitrogen and oxygen atoms in total. The number of nitrogens with two attached hydrogens (primary N) is 1. The Balaban J connectivity index is 3.05. The largest absolute Gasteiger partial charge is 0.465 e. The van der Waals surface area contributed by atoms with Crippen LogP contribution in [-0.4, -0.2) is 24.8 Å². The van der Waals surface area contributed by atoms with Crippen LogP contribution in [0.15, 0.2) is 23.2 Å². The standard InChI is InChI=1S/C10H10Cl2N2O2/c1-16-10(15)6-2-3-8(7(12)4-6)14-9(13)5-11/h2-4H,5H2,1H3,(H2,13,14). The average Bonchev–Trinajstić information content (AvgIpc) is 2.30. The molecule has 0 saturated heterocycles. The highest BCUT2D eigenvalue weighted by Gasteiger charge is 2.08. The van der Waals surface area contributed by atoms with Crippen LogP contribution in [0, 0.1) is 0 Å². The van der Waals surface area contributed by atoms with Gasteiger partial charge in [0, 0.05) is 0 Å². The fraction of sp³-hybridized carbons (Fsp3) is 0.200. The van der Waals surface area contributed by atoms with Crippen LogP contribution in [-0.2, 0) is 4.74 Å². The third-order valence-electron chi connectivity index (χ3n) is 1.77. The minimum Gasteiger partial charge on any atom is -0.465 e. The van der Waals surface area contributed by atoms with E-state index >= 15 is 0 Å². The average molecular weight is 261 g/mol. The van der Waals surface area contributed by atoms with Crippen LogP contribution in [0.5, 0.6) is 0 Å². The Morgan fingerprint density at radius 1 is 1.56 bits per heavy atom. The highest BCUT2D eigenvalue weighted by atomic mass is 35.5. The van der Waals surface area contributed by atoms with Gasteiger partial charge >= 0.3 is 5.97 Å². The molecule has 0 unspecified atom stereocenters. The van der Waals surface area contributed by atoms with Crippen LogP contribution in [0.3, 0.4) is 0 Å². The Kier molecular flexibility index (Phi) is 4.58. The van der Waals surface area contributed by atoms with Crippen molar-refractivity contribution < 1.29 is 9.53 Å². The van der Waals surface area contributed by atoms with Crippen molar-refractivity contribution in [2.45, 2.75) is 0 Å². The predicted octanol–water partition coefficient (Wildman–Crippen LogP) is 2.35. The summed E-state index contributed by atoms with van der Waals surface area (Å²) < 4.78 is 4.55. The van der Waals surface area contributed by atoms with Crippen molar-refractivity contribution in [3.05, 3.63) is 28.8 Å². The SMILES string of the molecule is COC(=O)c1ccc(N=C(N)CCl)c(Cl)c1. The van der Waals surface area contributed by atoms with Gasteiger partial charge in [-0.1, -0.05) is 11.6 Å². The molecular weight excluding hydrogens is 251 g/mol. The maximum Gasteiger partial charge on any atom is 0.337 e. The molecule has 0 aromatic heterocycles. The molecule has 86 valence electrons. The molecular formula is C10H10Cl2N2O2. The van der Waals surface area contributed by atoms with E-state index in [-0.39, 0.29) is 11.7 Å². The van der Waals surface area contributed by atoms with Gasteiger partial charge in [-0.05, 0) is 18.2 Å². The van der Waals surface area contributed by atoms with Crippen LogP contribution in [0.25, 0.3) is 0 Å². The number of hydrogen-bond donors (Lipinski definition) is 1. The molecule has 6 heteroatoms. The number of aliphatic imine (C=N–C) groups is 1. The topological polar surface area (TPSA) is 64.7 Å². The lowest BCUT2D eigenvalue weighted by Gasteiger charge is -2.03. The first kappa shape index (κ1) is 12.8. The van der Waals surface area contributed by atoms with Crippen LogP contribution in [0.2, 0.25) is 5.02 Å². The van der Waals surface area contributed by atoms with E-state index in [0.29, 0.717) is 16.3 Å². The van der Waals surface area contributed by atoms with E-state index in [4.69, 9.17) is 28.9 Å². The number of carbonyl (C=O) groups excluding carboxylic acids is 1. The van der Waals surface area contributed by atoms with Crippen LogP contribution >= 0.6 is 23.2 Å². The fourth-order valence-corrected chi connectivity index (χ4v) is 1.31. The van der Waals surface area contributed by atoms with E-state index in [1.807, 2.05) is 0 Å². The number of methoxy groups -OCH3 is 1. The third-order valence-corrected chi connectivity index (χ3v) is 2.35. The Morgan fingerprint density at radius 2 is 2.25 bits per heavy atom. The number of rotatable bonds is 3. The van der Waals surface area contributed by atoms with Gasteiger partial charge in [-0.25, -0.2) is 9.79 Å². The van der Waals surface area contributed by atoms with Gasteiger partial charge in [0.05, 0.1) is 29.3 Å². The van der Waals surface area contributed by atoms with Gasteiger partial charge in [0.2, 0.25) is 0 Å². The first-order chi connectivity index (χ1) is 7.58. The third kappa shape index (κ3) is 3.12. The number of halogens is 2. The smallest absolute Gasteiger partial charge is 0.337 e. The van der Waals surface area contributed by atoms with Crippen LogP contribution in [0.1, 0.15) is 10.4 Å². The van der Waals surface area contributed by atoms with E-state index in [1.165, 1.54) is 13.2 Å². The highest BCUT2D eigenvalue weighted by Crippen LogP contribution is 2.26. The van der Waals surface area contributed by atoms with E-state index in [2.05, 4.69) is 9.73 Å². The minimum atomic E-state index is -0.456. The molecule has 0 heterocycles. The number of esters is 1. The predicted molar refractivity (Wildman–Crippen MR) is 64.8 cm³/mol. The Bertz CT molecular complexity index is 433. The second kappa shape index (κ2) is 5.72. The summed E-state index contributed by atoms with van der Waals surface area (Å²) in [6.45, 7) is 0. The van der Waals surface area contributed by atoms with Gasteiger partial charge in [0.15, 0.2) is 0 Å². The lowest BCUT2D eigenvalue weighted by Crippen LogP contribution is -2.12. The molecule has 0 spiro atoms. The molecule has 1 aromatic carbocycles. The summed E-state index contributed by atoms with van der Waals surface area (Å²) in [5.74, 6) is -0.0770. The van der Waals surface area contributed by atoms with Gasteiger partial charge in [-0.2, -0.15) is 0 Å². The van der Waals surface area contributed by atoms with Crippen molar-refractivity contribution in [3.8, 4) is 0 Å². The normalized spacial score (nSPS) is 11.3. The van der Waals surface area contributed by atoms with Crippen molar-refractivity contribution >= 4 is 40.7 Å². The Hall–Kier alpha value is -1.26. The molecule has 0 radical (unpaired) electrons. The molecule has 0 aliphatic heterocycles. The number of benzene rings is 1. The zero-order chi connectivity index (χ0) is 12.1. The maximum atomic E-state index is 11.2. The number of nitrogens with zero attached hydrogens (tertiary/aromatic N) is 1. The lowest BCUT2D eigenvalue weighted by molar-refractivity contribution is 0.0601. The monoisotopic (exact) mass is 260 g/mol. The van der Waals surface area contributed by atoms with Crippen molar-refractivity contribution in [2.75, 3.05) is 13.0 Å². The molecule has 0 saturated carbocycles. The van der Waals surface area contributed by atoms with E-state index in [9.17, 15) is 4.79 Å². The molecule has 1 rings (SSSR count).